The molecule has 0 aliphatic carbocycles. The number of hydrogen-bond donors (Lipinski definition) is 1. The highest BCUT2D eigenvalue weighted by atomic mass is 32.3. The summed E-state index contributed by atoms with van der Waals surface area (Å²) < 4.78 is 33.0. The van der Waals surface area contributed by atoms with Crippen molar-refractivity contribution >= 4 is 10.4 Å². The second-order valence-corrected chi connectivity index (χ2v) is 5.52. The van der Waals surface area contributed by atoms with E-state index in [1.165, 1.54) is 44.9 Å². The standard InChI is InChI=1S/C12H26O4S.C2H4.H2O/c1-2-3-4-5-6-7-8-9-10-11-12-16-17(13,14)15;1-2;/h2-12H2,1H3,(H,13,14,15);1-2H2;1H2. The first-order valence-electron chi connectivity index (χ1n) is 7.18. The van der Waals surface area contributed by atoms with Crippen molar-refractivity contribution < 1.29 is 22.6 Å². The third-order valence-corrected chi connectivity index (χ3v) is 3.19. The van der Waals surface area contributed by atoms with E-state index in [0.29, 0.717) is 6.42 Å². The predicted octanol–water partition coefficient (Wildman–Crippen LogP) is 3.70. The Morgan fingerprint density at radius 2 is 1.20 bits per heavy atom. The Balaban J connectivity index is -0.000000916. The van der Waals surface area contributed by atoms with Gasteiger partial charge in [-0.25, -0.2) is 4.18 Å². The zero-order valence-corrected chi connectivity index (χ0v) is 13.6. The third-order valence-electron chi connectivity index (χ3n) is 2.73. The first kappa shape index (κ1) is 24.6. The first-order valence-corrected chi connectivity index (χ1v) is 8.54. The molecule has 124 valence electrons. The highest BCUT2D eigenvalue weighted by Gasteiger charge is 2.02. The van der Waals surface area contributed by atoms with Crippen LogP contribution < -0.4 is 0 Å². The molecule has 6 heteroatoms. The molecule has 0 spiro atoms. The van der Waals surface area contributed by atoms with Crippen LogP contribution in [0.4, 0.5) is 0 Å². The largest absolute Gasteiger partial charge is 0.412 e. The summed E-state index contributed by atoms with van der Waals surface area (Å²) in [6.07, 6.45) is 11.9. The Morgan fingerprint density at radius 3 is 1.55 bits per heavy atom. The molecule has 0 aromatic carbocycles. The molecule has 0 amide bonds. The molecule has 0 heterocycles. The van der Waals surface area contributed by atoms with Gasteiger partial charge in [0.25, 0.3) is 0 Å². The minimum absolute atomic E-state index is 0. The fraction of sp³-hybridized carbons (Fsp3) is 0.857. The van der Waals surface area contributed by atoms with E-state index < -0.39 is 10.4 Å². The van der Waals surface area contributed by atoms with Crippen molar-refractivity contribution in [1.82, 2.24) is 0 Å². The summed E-state index contributed by atoms with van der Waals surface area (Å²) in [5.74, 6) is 0. The SMILES string of the molecule is C=C.CCCCCCCCCCCCOS(=O)(=O)O.O. The van der Waals surface area contributed by atoms with Crippen LogP contribution in [0.25, 0.3) is 0 Å². The maximum absolute atomic E-state index is 10.2. The first-order chi connectivity index (χ1) is 9.06. The molecule has 0 bridgehead atoms. The molecular formula is C14H32O5S. The van der Waals surface area contributed by atoms with E-state index in [1.807, 2.05) is 0 Å². The molecule has 0 aromatic heterocycles. The van der Waals surface area contributed by atoms with Crippen LogP contribution in [-0.4, -0.2) is 25.1 Å². The van der Waals surface area contributed by atoms with Gasteiger partial charge in [0, 0.05) is 0 Å². The van der Waals surface area contributed by atoms with Crippen LogP contribution >= 0.6 is 0 Å². The molecule has 0 aliphatic rings. The van der Waals surface area contributed by atoms with E-state index in [2.05, 4.69) is 24.3 Å². The van der Waals surface area contributed by atoms with E-state index >= 15 is 0 Å². The lowest BCUT2D eigenvalue weighted by molar-refractivity contribution is 0.261. The van der Waals surface area contributed by atoms with E-state index in [1.54, 1.807) is 0 Å². The van der Waals surface area contributed by atoms with Crippen molar-refractivity contribution in [2.45, 2.75) is 71.1 Å². The molecular weight excluding hydrogens is 280 g/mol. The minimum atomic E-state index is -4.23. The Morgan fingerprint density at radius 1 is 0.850 bits per heavy atom. The molecule has 0 saturated carbocycles. The average molecular weight is 312 g/mol. The molecule has 0 atom stereocenters. The second kappa shape index (κ2) is 18.6. The lowest BCUT2D eigenvalue weighted by atomic mass is 10.1. The van der Waals surface area contributed by atoms with Crippen molar-refractivity contribution in [1.29, 1.82) is 0 Å². The Kier molecular flexibility index (Phi) is 22.8. The topological polar surface area (TPSA) is 95.1 Å². The van der Waals surface area contributed by atoms with Crippen LogP contribution in [0.5, 0.6) is 0 Å². The quantitative estimate of drug-likeness (QED) is 0.337. The van der Waals surface area contributed by atoms with Gasteiger partial charge in [0.05, 0.1) is 6.61 Å². The molecule has 20 heavy (non-hydrogen) atoms. The number of rotatable bonds is 12. The monoisotopic (exact) mass is 312 g/mol. The molecule has 0 rings (SSSR count). The summed E-state index contributed by atoms with van der Waals surface area (Å²) in [6, 6.07) is 0. The van der Waals surface area contributed by atoms with Gasteiger partial charge in [0.15, 0.2) is 0 Å². The van der Waals surface area contributed by atoms with Crippen LogP contribution in [0.3, 0.4) is 0 Å². The molecule has 3 N–H and O–H groups in total. The lowest BCUT2D eigenvalue weighted by Gasteiger charge is -2.02. The zero-order valence-electron chi connectivity index (χ0n) is 12.8. The van der Waals surface area contributed by atoms with Crippen molar-refractivity contribution in [2.75, 3.05) is 6.61 Å². The molecule has 0 fully saturated rings. The van der Waals surface area contributed by atoms with Gasteiger partial charge in [-0.15, -0.1) is 13.2 Å². The Hall–Kier alpha value is -0.430. The van der Waals surface area contributed by atoms with Crippen molar-refractivity contribution in [2.24, 2.45) is 0 Å². The maximum atomic E-state index is 10.2. The molecule has 0 aliphatic heterocycles. The summed E-state index contributed by atoms with van der Waals surface area (Å²) in [4.78, 5) is 0. The predicted molar refractivity (Wildman–Crippen MR) is 84.2 cm³/mol. The molecule has 0 aromatic rings. The van der Waals surface area contributed by atoms with Crippen molar-refractivity contribution in [3.8, 4) is 0 Å². The zero-order chi connectivity index (χ0) is 15.0. The minimum Gasteiger partial charge on any atom is -0.412 e. The van der Waals surface area contributed by atoms with Crippen LogP contribution in [0.2, 0.25) is 0 Å². The molecule has 0 radical (unpaired) electrons. The fourth-order valence-corrected chi connectivity index (χ4v) is 2.08. The van der Waals surface area contributed by atoms with Crippen molar-refractivity contribution in [3.05, 3.63) is 13.2 Å². The second-order valence-electron chi connectivity index (χ2n) is 4.43. The summed E-state index contributed by atoms with van der Waals surface area (Å²) in [7, 11) is -4.23. The van der Waals surface area contributed by atoms with Gasteiger partial charge in [-0.1, -0.05) is 64.7 Å². The van der Waals surface area contributed by atoms with E-state index in [4.69, 9.17) is 4.55 Å². The van der Waals surface area contributed by atoms with Crippen molar-refractivity contribution in [3.63, 3.8) is 0 Å². The van der Waals surface area contributed by atoms with Gasteiger partial charge in [0.1, 0.15) is 0 Å². The Bertz CT molecular complexity index is 265. The molecule has 0 saturated heterocycles. The number of hydrogen-bond acceptors (Lipinski definition) is 3. The number of unbranched alkanes of at least 4 members (excludes halogenated alkanes) is 9. The van der Waals surface area contributed by atoms with Gasteiger partial charge >= 0.3 is 10.4 Å². The summed E-state index contributed by atoms with van der Waals surface area (Å²) in [6.45, 7) is 8.31. The summed E-state index contributed by atoms with van der Waals surface area (Å²) in [5.41, 5.74) is 0. The van der Waals surface area contributed by atoms with Crippen LogP contribution in [0.15, 0.2) is 13.2 Å². The van der Waals surface area contributed by atoms with Gasteiger partial charge in [-0.2, -0.15) is 8.42 Å². The fourth-order valence-electron chi connectivity index (χ4n) is 1.75. The summed E-state index contributed by atoms with van der Waals surface area (Å²) in [5, 5.41) is 0. The highest BCUT2D eigenvalue weighted by Crippen LogP contribution is 2.10. The van der Waals surface area contributed by atoms with Gasteiger partial charge < -0.3 is 5.48 Å². The van der Waals surface area contributed by atoms with Gasteiger partial charge in [-0.3, -0.25) is 4.55 Å². The van der Waals surface area contributed by atoms with E-state index in [-0.39, 0.29) is 12.1 Å². The van der Waals surface area contributed by atoms with E-state index in [0.717, 1.165) is 12.8 Å². The molecule has 0 unspecified atom stereocenters. The smallest absolute Gasteiger partial charge is 0.397 e. The third kappa shape index (κ3) is 26.2. The summed E-state index contributed by atoms with van der Waals surface area (Å²) >= 11 is 0. The highest BCUT2D eigenvalue weighted by molar-refractivity contribution is 7.80. The normalized spacial score (nSPS) is 10.3. The van der Waals surface area contributed by atoms with Gasteiger partial charge in [-0.05, 0) is 6.42 Å². The van der Waals surface area contributed by atoms with Gasteiger partial charge in [0.2, 0.25) is 0 Å². The van der Waals surface area contributed by atoms with Crippen LogP contribution in [-0.2, 0) is 14.6 Å². The van der Waals surface area contributed by atoms with Crippen LogP contribution in [0, 0.1) is 0 Å². The lowest BCUT2D eigenvalue weighted by Crippen LogP contribution is -2.04. The maximum Gasteiger partial charge on any atom is 0.397 e. The average Bonchev–Trinajstić information content (AvgIpc) is 2.37. The Labute approximate surface area is 124 Å². The molecule has 5 nitrogen and oxygen atoms in total. The van der Waals surface area contributed by atoms with E-state index in [9.17, 15) is 8.42 Å². The van der Waals surface area contributed by atoms with Crippen LogP contribution in [0.1, 0.15) is 71.1 Å².